The minimum Gasteiger partial charge on any atom is -0.497 e. The highest BCUT2D eigenvalue weighted by molar-refractivity contribution is 7.89. The van der Waals surface area contributed by atoms with Crippen molar-refractivity contribution in [2.45, 2.75) is 137 Å². The van der Waals surface area contributed by atoms with Crippen molar-refractivity contribution in [3.63, 3.8) is 0 Å². The summed E-state index contributed by atoms with van der Waals surface area (Å²) in [6, 6.07) is 56.9. The molecule has 0 bridgehead atoms. The van der Waals surface area contributed by atoms with Crippen LogP contribution in [-0.4, -0.2) is 157 Å². The Morgan fingerprint density at radius 3 is 1.35 bits per heavy atom. The van der Waals surface area contributed by atoms with E-state index in [0.29, 0.717) is 71.2 Å². The molecule has 0 saturated heterocycles. The number of ketones is 1. The average Bonchev–Trinajstić information content (AvgIpc) is 0.867. The number of ether oxygens (including phenoxy) is 10. The highest BCUT2D eigenvalue weighted by atomic mass is 32.2. The Balaban J connectivity index is 0.000000341. The van der Waals surface area contributed by atoms with Crippen LogP contribution in [-0.2, 0) is 87.0 Å². The number of likely N-dealkylation sites (N-methyl/N-ethyl adjacent to an activating group) is 1. The maximum Gasteiger partial charge on any atom is 0.226 e. The van der Waals surface area contributed by atoms with Crippen molar-refractivity contribution in [2.75, 3.05) is 127 Å². The summed E-state index contributed by atoms with van der Waals surface area (Å²) in [6.07, 6.45) is 13.1. The number of methoxy groups -OCH3 is 7. The van der Waals surface area contributed by atoms with Gasteiger partial charge in [-0.3, -0.25) is 14.4 Å². The first-order valence-electron chi connectivity index (χ1n) is 36.4. The molecule has 0 aliphatic heterocycles. The van der Waals surface area contributed by atoms with Gasteiger partial charge < -0.3 is 57.6 Å². The van der Waals surface area contributed by atoms with Crippen molar-refractivity contribution in [3.05, 3.63) is 215 Å². The second-order valence-electron chi connectivity index (χ2n) is 25.1. The summed E-state index contributed by atoms with van der Waals surface area (Å²) in [5, 5.41) is 2.87. The third-order valence-electron chi connectivity index (χ3n) is 16.8. The number of carbonyl (C=O) groups excluding carboxylic acids is 3. The maximum atomic E-state index is 12.4. The number of aryl methyl sites for hydroxylation is 3. The summed E-state index contributed by atoms with van der Waals surface area (Å²) in [6.45, 7) is 15.0. The molecular weight excluding hydrogens is 1340 g/mol. The van der Waals surface area contributed by atoms with Crippen LogP contribution in [0.1, 0.15) is 130 Å². The summed E-state index contributed by atoms with van der Waals surface area (Å²) in [4.78, 5) is 37.8. The quantitative estimate of drug-likeness (QED) is 0.0354. The van der Waals surface area contributed by atoms with E-state index in [1.807, 2.05) is 134 Å². The largest absolute Gasteiger partial charge is 0.497 e. The summed E-state index contributed by atoms with van der Waals surface area (Å²) >= 11 is 0. The molecule has 572 valence electrons. The molecule has 0 saturated carbocycles. The van der Waals surface area contributed by atoms with Crippen LogP contribution < -0.4 is 29.0 Å². The Kier molecular flexibility index (Phi) is 48.7. The highest BCUT2D eigenvalue weighted by Crippen LogP contribution is 2.19. The number of hydrogen-bond donors (Lipinski definition) is 1. The van der Waals surface area contributed by atoms with Gasteiger partial charge in [0.15, 0.2) is 0 Å². The normalized spacial score (nSPS) is 11.0. The number of hydrogen-bond acceptors (Lipinski definition) is 15. The van der Waals surface area contributed by atoms with Gasteiger partial charge in [0.2, 0.25) is 21.8 Å². The first-order valence-corrected chi connectivity index (χ1v) is 38.1. The fourth-order valence-electron chi connectivity index (χ4n) is 10.1. The van der Waals surface area contributed by atoms with Gasteiger partial charge in [-0.1, -0.05) is 162 Å². The number of anilines is 1. The molecule has 19 heteroatoms. The number of Topliss-reactive ketones (excluding diaryl/α,β-unsaturated/α-hetero) is 1. The lowest BCUT2D eigenvalue weighted by Crippen LogP contribution is -2.38. The lowest BCUT2D eigenvalue weighted by Gasteiger charge is -2.21. The topological polar surface area (TPSA) is 196 Å². The standard InChI is InChI=1S/C20H33NO3.C18H29NO6S.C18H22O2.C16H17NO2.C13H20O2/c1-5-7-8-17(6-2)16-24-14-13-21(3)20(22)15-18-9-11-19(23-4)12-10-18;1-23-12-10-19(11-13-24-2)26(21,22)14-4-5-17(20)15-16-6-8-18(25-3)9-7-16;1-15-5-7-17(8-6-15)14-20-13-3-4-16-9-11-18(19-2)12-10-16;1-19-15-10-7-13(8-11-15)9-12-16(18)17-14-5-3-2-4-6-14;1-3-4-5-10-15-11-12-6-8-13(14-2)9-7-12/h9-12,17H,5-8,13-16H2,1-4H3;6-9H,4-5,10-15H2,1-3H3;5-12H,3-4,13-14H2,1-2H3;2-8,10-11H,9,12H2,1H3,(H,17,18);6-9H,3-5,10-11H2,1-2H3. The lowest BCUT2D eigenvalue weighted by molar-refractivity contribution is -0.130. The minimum atomic E-state index is -3.44. The molecule has 7 aromatic carbocycles. The molecule has 0 heterocycles. The first kappa shape index (κ1) is 90.1. The maximum absolute atomic E-state index is 12.4. The zero-order valence-electron chi connectivity index (χ0n) is 64.3. The molecule has 0 aromatic heterocycles. The van der Waals surface area contributed by atoms with E-state index in [9.17, 15) is 22.8 Å². The second-order valence-corrected chi connectivity index (χ2v) is 27.1. The van der Waals surface area contributed by atoms with Crippen LogP contribution in [0.5, 0.6) is 28.7 Å². The van der Waals surface area contributed by atoms with Gasteiger partial charge in [-0.05, 0) is 158 Å². The number of amides is 2. The smallest absolute Gasteiger partial charge is 0.226 e. The van der Waals surface area contributed by atoms with E-state index in [4.69, 9.17) is 47.4 Å². The third kappa shape index (κ3) is 41.4. The first-order chi connectivity index (χ1) is 50.4. The van der Waals surface area contributed by atoms with Crippen LogP contribution in [0, 0.1) is 12.8 Å². The number of sulfonamides is 1. The molecule has 0 radical (unpaired) electrons. The van der Waals surface area contributed by atoms with Crippen LogP contribution in [0.2, 0.25) is 0 Å². The van der Waals surface area contributed by atoms with Crippen molar-refractivity contribution in [2.24, 2.45) is 5.92 Å². The Bertz CT molecular complexity index is 3410. The molecule has 7 aromatic rings. The Morgan fingerprint density at radius 1 is 0.442 bits per heavy atom. The van der Waals surface area contributed by atoms with Gasteiger partial charge >= 0.3 is 0 Å². The molecule has 104 heavy (non-hydrogen) atoms. The molecule has 0 aliphatic carbocycles. The number of nitrogens with one attached hydrogen (secondary N) is 1. The number of benzene rings is 7. The van der Waals surface area contributed by atoms with Crippen molar-refractivity contribution in [1.82, 2.24) is 9.21 Å². The monoisotopic (exact) mass is 1460 g/mol. The molecule has 0 fully saturated rings. The van der Waals surface area contributed by atoms with E-state index < -0.39 is 10.0 Å². The van der Waals surface area contributed by atoms with E-state index in [1.54, 1.807) is 52.6 Å². The summed E-state index contributed by atoms with van der Waals surface area (Å²) in [7, 11) is 9.68. The van der Waals surface area contributed by atoms with Gasteiger partial charge in [-0.25, -0.2) is 8.42 Å². The molecule has 2 amide bonds. The number of unbranched alkanes of at least 4 members (excludes halogenated alkanes) is 3. The van der Waals surface area contributed by atoms with Crippen molar-refractivity contribution in [1.29, 1.82) is 0 Å². The molecule has 1 N–H and O–H groups in total. The molecular formula is C85H121N3O15S. The van der Waals surface area contributed by atoms with E-state index in [0.717, 1.165) is 103 Å². The lowest BCUT2D eigenvalue weighted by atomic mass is 10.0. The van der Waals surface area contributed by atoms with E-state index in [-0.39, 0.29) is 42.9 Å². The third-order valence-corrected chi connectivity index (χ3v) is 18.7. The summed E-state index contributed by atoms with van der Waals surface area (Å²) in [5.74, 6) is 4.92. The van der Waals surface area contributed by atoms with Gasteiger partial charge in [0.05, 0.1) is 80.8 Å². The minimum absolute atomic E-state index is 0.0192. The van der Waals surface area contributed by atoms with Gasteiger partial charge in [-0.15, -0.1) is 0 Å². The van der Waals surface area contributed by atoms with Gasteiger partial charge in [0.1, 0.15) is 34.5 Å². The van der Waals surface area contributed by atoms with Crippen LogP contribution in [0.4, 0.5) is 5.69 Å². The number of rotatable bonds is 45. The molecule has 18 nitrogen and oxygen atoms in total. The predicted molar refractivity (Wildman–Crippen MR) is 419 cm³/mol. The van der Waals surface area contributed by atoms with Crippen LogP contribution in [0.3, 0.4) is 0 Å². The molecule has 1 unspecified atom stereocenters. The summed E-state index contributed by atoms with van der Waals surface area (Å²) in [5.41, 5.74) is 8.90. The zero-order valence-corrected chi connectivity index (χ0v) is 65.2. The fraction of sp³-hybridized carbons (Fsp3) is 0.471. The zero-order chi connectivity index (χ0) is 75.8. The Labute approximate surface area is 623 Å². The van der Waals surface area contributed by atoms with E-state index >= 15 is 0 Å². The van der Waals surface area contributed by atoms with Crippen molar-refractivity contribution >= 4 is 33.3 Å². The van der Waals surface area contributed by atoms with Crippen LogP contribution >= 0.6 is 0 Å². The number of nitrogens with zero attached hydrogens (tertiary/aromatic N) is 2. The SMILES string of the molecule is CCCCC(CC)COCCN(C)C(=O)Cc1ccc(OC)cc1.CCCCCOCc1ccc(OC)cc1.COCCN(CCOC)S(=O)(=O)CCCC(=O)Cc1ccc(OC)cc1.COc1ccc(CCC(=O)Nc2ccccc2)cc1.COc1ccc(CCCOCc2ccc(C)cc2)cc1. The Hall–Kier alpha value is -8.14. The second kappa shape index (κ2) is 56.3. The van der Waals surface area contributed by atoms with Crippen LogP contribution in [0.25, 0.3) is 0 Å². The van der Waals surface area contributed by atoms with Gasteiger partial charge in [0, 0.05) is 85.7 Å². The van der Waals surface area contributed by atoms with Gasteiger partial charge in [-0.2, -0.15) is 4.31 Å². The fourth-order valence-corrected chi connectivity index (χ4v) is 11.6. The van der Waals surface area contributed by atoms with Crippen LogP contribution in [0.15, 0.2) is 176 Å². The van der Waals surface area contributed by atoms with Crippen molar-refractivity contribution in [3.8, 4) is 28.7 Å². The average molecular weight is 1460 g/mol. The molecule has 0 aliphatic rings. The molecule has 0 spiro atoms. The number of carbonyl (C=O) groups is 3. The van der Waals surface area contributed by atoms with Gasteiger partial charge in [0.25, 0.3) is 0 Å². The van der Waals surface area contributed by atoms with Crippen molar-refractivity contribution < 1.29 is 70.2 Å². The van der Waals surface area contributed by atoms with E-state index in [1.165, 1.54) is 72.9 Å². The predicted octanol–water partition coefficient (Wildman–Crippen LogP) is 16.3. The molecule has 1 atom stereocenters. The molecule has 7 rings (SSSR count). The van der Waals surface area contributed by atoms with E-state index in [2.05, 4.69) is 69.4 Å². The summed E-state index contributed by atoms with van der Waals surface area (Å²) < 4.78 is 78.7. The highest BCUT2D eigenvalue weighted by Gasteiger charge is 2.22. The number of para-hydroxylation sites is 1. The Morgan fingerprint density at radius 2 is 0.885 bits per heavy atom.